The first-order valence-electron chi connectivity index (χ1n) is 11.6. The molecular weight excluding hydrogens is 460 g/mol. The van der Waals surface area contributed by atoms with Crippen molar-refractivity contribution in [1.82, 2.24) is 5.43 Å². The predicted octanol–water partition coefficient (Wildman–Crippen LogP) is 4.93. The number of hydrazone groups is 1. The highest BCUT2D eigenvalue weighted by Gasteiger charge is 2.13. The van der Waals surface area contributed by atoms with E-state index >= 15 is 0 Å². The summed E-state index contributed by atoms with van der Waals surface area (Å²) in [5.41, 5.74) is 4.54. The summed E-state index contributed by atoms with van der Waals surface area (Å²) in [5, 5.41) is 3.94. The Hall–Kier alpha value is -4.33. The van der Waals surface area contributed by atoms with E-state index in [1.54, 1.807) is 54.6 Å². The third-order valence-electron chi connectivity index (χ3n) is 5.04. The van der Waals surface area contributed by atoms with Gasteiger partial charge in [-0.25, -0.2) is 10.2 Å². The van der Waals surface area contributed by atoms with Gasteiger partial charge in [-0.1, -0.05) is 31.0 Å². The van der Waals surface area contributed by atoms with Crippen LogP contribution < -0.4 is 24.4 Å². The predicted molar refractivity (Wildman–Crippen MR) is 137 cm³/mol. The van der Waals surface area contributed by atoms with E-state index in [1.807, 2.05) is 19.1 Å². The van der Waals surface area contributed by atoms with Crippen molar-refractivity contribution in [3.05, 3.63) is 83.4 Å². The van der Waals surface area contributed by atoms with E-state index in [-0.39, 0.29) is 12.4 Å². The topological polar surface area (TPSA) is 95.5 Å². The monoisotopic (exact) mass is 490 g/mol. The maximum absolute atomic E-state index is 12.6. The van der Waals surface area contributed by atoms with E-state index in [0.717, 1.165) is 18.4 Å². The van der Waals surface area contributed by atoms with Crippen LogP contribution in [-0.2, 0) is 4.79 Å². The minimum atomic E-state index is -0.518. The zero-order valence-electron chi connectivity index (χ0n) is 20.7. The number of nitrogens with zero attached hydrogens (tertiary/aromatic N) is 1. The Morgan fingerprint density at radius 3 is 2.31 bits per heavy atom. The average molecular weight is 491 g/mol. The number of esters is 1. The fourth-order valence-electron chi connectivity index (χ4n) is 3.02. The number of amides is 1. The van der Waals surface area contributed by atoms with Crippen LogP contribution in [0.2, 0.25) is 0 Å². The fraction of sp³-hybridized carbons (Fsp3) is 0.250. The lowest BCUT2D eigenvalue weighted by Gasteiger charge is -2.10. The number of hydrogen-bond acceptors (Lipinski definition) is 7. The second-order valence-corrected chi connectivity index (χ2v) is 7.92. The fourth-order valence-corrected chi connectivity index (χ4v) is 3.02. The largest absolute Gasteiger partial charge is 0.494 e. The van der Waals surface area contributed by atoms with E-state index in [0.29, 0.717) is 35.0 Å². The Kier molecular flexibility index (Phi) is 9.88. The Bertz CT molecular complexity index is 1170. The van der Waals surface area contributed by atoms with Gasteiger partial charge in [0.05, 0.1) is 25.5 Å². The minimum absolute atomic E-state index is 0.162. The van der Waals surface area contributed by atoms with Crippen molar-refractivity contribution in [1.29, 1.82) is 0 Å². The molecule has 8 nitrogen and oxygen atoms in total. The second-order valence-electron chi connectivity index (χ2n) is 7.92. The molecule has 0 radical (unpaired) electrons. The van der Waals surface area contributed by atoms with Crippen LogP contribution in [0, 0.1) is 6.92 Å². The van der Waals surface area contributed by atoms with E-state index in [2.05, 4.69) is 17.5 Å². The molecular formula is C28H30N2O6. The van der Waals surface area contributed by atoms with Crippen molar-refractivity contribution in [3.8, 4) is 23.0 Å². The summed E-state index contributed by atoms with van der Waals surface area (Å²) in [5.74, 6) is 1.00. The summed E-state index contributed by atoms with van der Waals surface area (Å²) in [7, 11) is 1.47. The molecule has 3 aromatic rings. The van der Waals surface area contributed by atoms with Crippen molar-refractivity contribution >= 4 is 18.1 Å². The highest BCUT2D eigenvalue weighted by Crippen LogP contribution is 2.28. The summed E-state index contributed by atoms with van der Waals surface area (Å²) in [6.07, 6.45) is 3.48. The van der Waals surface area contributed by atoms with Crippen LogP contribution in [0.1, 0.15) is 41.3 Å². The van der Waals surface area contributed by atoms with Gasteiger partial charge in [0.1, 0.15) is 11.5 Å². The van der Waals surface area contributed by atoms with Gasteiger partial charge in [-0.05, 0) is 73.5 Å². The van der Waals surface area contributed by atoms with Crippen LogP contribution in [0.3, 0.4) is 0 Å². The first-order chi connectivity index (χ1) is 17.5. The zero-order valence-corrected chi connectivity index (χ0v) is 20.7. The molecule has 0 unspecified atom stereocenters. The van der Waals surface area contributed by atoms with Gasteiger partial charge >= 0.3 is 5.97 Å². The molecule has 1 amide bonds. The van der Waals surface area contributed by atoms with E-state index in [4.69, 9.17) is 18.9 Å². The molecule has 188 valence electrons. The molecule has 0 aliphatic carbocycles. The van der Waals surface area contributed by atoms with Gasteiger partial charge in [-0.15, -0.1) is 0 Å². The first-order valence-corrected chi connectivity index (χ1v) is 11.6. The lowest BCUT2D eigenvalue weighted by atomic mass is 10.2. The van der Waals surface area contributed by atoms with Crippen LogP contribution >= 0.6 is 0 Å². The summed E-state index contributed by atoms with van der Waals surface area (Å²) >= 11 is 0. The maximum Gasteiger partial charge on any atom is 0.343 e. The van der Waals surface area contributed by atoms with Gasteiger partial charge in [0.2, 0.25) is 0 Å². The van der Waals surface area contributed by atoms with Gasteiger partial charge in [-0.3, -0.25) is 4.79 Å². The molecule has 8 heteroatoms. The molecule has 0 fully saturated rings. The number of benzene rings is 3. The molecule has 36 heavy (non-hydrogen) atoms. The van der Waals surface area contributed by atoms with E-state index in [9.17, 15) is 9.59 Å². The summed E-state index contributed by atoms with van der Waals surface area (Å²) in [6, 6.07) is 19.1. The number of unbranched alkanes of at least 4 members (excludes halogenated alkanes) is 1. The summed E-state index contributed by atoms with van der Waals surface area (Å²) < 4.78 is 21.9. The highest BCUT2D eigenvalue weighted by atomic mass is 16.6. The Morgan fingerprint density at radius 1 is 0.917 bits per heavy atom. The highest BCUT2D eigenvalue weighted by molar-refractivity contribution is 5.92. The van der Waals surface area contributed by atoms with Crippen LogP contribution in [-0.4, -0.2) is 38.4 Å². The van der Waals surface area contributed by atoms with E-state index < -0.39 is 11.9 Å². The van der Waals surface area contributed by atoms with Crippen molar-refractivity contribution in [2.75, 3.05) is 20.3 Å². The van der Waals surface area contributed by atoms with Crippen molar-refractivity contribution in [3.63, 3.8) is 0 Å². The van der Waals surface area contributed by atoms with Gasteiger partial charge < -0.3 is 18.9 Å². The molecule has 0 heterocycles. The molecule has 0 aliphatic rings. The summed E-state index contributed by atoms with van der Waals surface area (Å²) in [6.45, 7) is 4.54. The number of carbonyl (C=O) groups is 2. The van der Waals surface area contributed by atoms with Gasteiger partial charge in [0, 0.05) is 0 Å². The number of hydrogen-bond donors (Lipinski definition) is 1. The van der Waals surface area contributed by atoms with E-state index in [1.165, 1.54) is 13.3 Å². The van der Waals surface area contributed by atoms with Crippen molar-refractivity contribution < 1.29 is 28.5 Å². The molecule has 0 atom stereocenters. The second kappa shape index (κ2) is 13.5. The molecule has 0 saturated heterocycles. The Balaban J connectivity index is 1.52. The Morgan fingerprint density at radius 2 is 1.61 bits per heavy atom. The SMILES string of the molecule is CCCCOc1ccc(C(=O)Oc2ccc(/C=N/NC(=O)COc3ccc(C)cc3)cc2OC)cc1. The molecule has 0 aromatic heterocycles. The Labute approximate surface area is 210 Å². The van der Waals surface area contributed by atoms with Gasteiger partial charge in [0.15, 0.2) is 18.1 Å². The molecule has 0 aliphatic heterocycles. The van der Waals surface area contributed by atoms with Crippen LogP contribution in [0.5, 0.6) is 23.0 Å². The lowest BCUT2D eigenvalue weighted by molar-refractivity contribution is -0.123. The normalized spacial score (nSPS) is 10.6. The number of rotatable bonds is 12. The van der Waals surface area contributed by atoms with Crippen LogP contribution in [0.15, 0.2) is 71.8 Å². The zero-order chi connectivity index (χ0) is 25.8. The number of carbonyl (C=O) groups excluding carboxylic acids is 2. The number of aryl methyl sites for hydroxylation is 1. The minimum Gasteiger partial charge on any atom is -0.494 e. The molecule has 1 N–H and O–H groups in total. The molecule has 0 bridgehead atoms. The van der Waals surface area contributed by atoms with Gasteiger partial charge in [-0.2, -0.15) is 5.10 Å². The van der Waals surface area contributed by atoms with Crippen molar-refractivity contribution in [2.24, 2.45) is 5.10 Å². The number of methoxy groups -OCH3 is 1. The standard InChI is InChI=1S/C28H30N2O6/c1-4-5-16-34-23-13-9-22(10-14-23)28(32)36-25-15-8-21(17-26(25)33-3)18-29-30-27(31)19-35-24-11-6-20(2)7-12-24/h6-15,17-18H,4-5,16,19H2,1-3H3,(H,30,31)/b29-18+. The average Bonchev–Trinajstić information content (AvgIpc) is 2.89. The third-order valence-corrected chi connectivity index (χ3v) is 5.04. The molecule has 0 saturated carbocycles. The maximum atomic E-state index is 12.6. The third kappa shape index (κ3) is 8.16. The number of nitrogens with one attached hydrogen (secondary N) is 1. The van der Waals surface area contributed by atoms with Crippen LogP contribution in [0.4, 0.5) is 0 Å². The van der Waals surface area contributed by atoms with Crippen LogP contribution in [0.25, 0.3) is 0 Å². The quantitative estimate of drug-likeness (QED) is 0.127. The molecule has 3 aromatic carbocycles. The molecule has 0 spiro atoms. The van der Waals surface area contributed by atoms with Gasteiger partial charge in [0.25, 0.3) is 5.91 Å². The number of ether oxygens (including phenoxy) is 4. The van der Waals surface area contributed by atoms with Crippen molar-refractivity contribution in [2.45, 2.75) is 26.7 Å². The lowest BCUT2D eigenvalue weighted by Crippen LogP contribution is -2.24. The smallest absolute Gasteiger partial charge is 0.343 e. The first kappa shape index (κ1) is 26.3. The summed E-state index contributed by atoms with van der Waals surface area (Å²) in [4.78, 5) is 24.5. The molecule has 3 rings (SSSR count).